The summed E-state index contributed by atoms with van der Waals surface area (Å²) >= 11 is 6.07. The zero-order chi connectivity index (χ0) is 21.1. The summed E-state index contributed by atoms with van der Waals surface area (Å²) in [7, 11) is 0. The van der Waals surface area contributed by atoms with Gasteiger partial charge in [0.2, 0.25) is 0 Å². The van der Waals surface area contributed by atoms with Crippen LogP contribution in [0.3, 0.4) is 0 Å². The van der Waals surface area contributed by atoms with Crippen LogP contribution in [0.15, 0.2) is 66.9 Å². The quantitative estimate of drug-likeness (QED) is 0.374. The van der Waals surface area contributed by atoms with Gasteiger partial charge in [-0.25, -0.2) is 9.97 Å². The van der Waals surface area contributed by atoms with Crippen molar-refractivity contribution in [3.8, 4) is 0 Å². The van der Waals surface area contributed by atoms with Gasteiger partial charge in [-0.1, -0.05) is 41.9 Å². The van der Waals surface area contributed by atoms with Crippen molar-refractivity contribution >= 4 is 34.4 Å². The number of aromatic nitrogens is 3. The second kappa shape index (κ2) is 8.30. The summed E-state index contributed by atoms with van der Waals surface area (Å²) < 4.78 is 1.93. The van der Waals surface area contributed by atoms with E-state index in [2.05, 4.69) is 15.3 Å². The van der Waals surface area contributed by atoms with Crippen molar-refractivity contribution in [2.75, 3.05) is 0 Å². The molecule has 2 heterocycles. The molecular formula is C21H16ClN5O3. The van der Waals surface area contributed by atoms with E-state index >= 15 is 0 Å². The van der Waals surface area contributed by atoms with E-state index in [1.807, 2.05) is 41.0 Å². The first-order valence-electron chi connectivity index (χ1n) is 9.09. The molecule has 0 atom stereocenters. The first kappa shape index (κ1) is 19.5. The van der Waals surface area contributed by atoms with Crippen molar-refractivity contribution < 1.29 is 9.72 Å². The van der Waals surface area contributed by atoms with Crippen LogP contribution in [0.5, 0.6) is 0 Å². The molecule has 8 nitrogen and oxygen atoms in total. The van der Waals surface area contributed by atoms with Crippen molar-refractivity contribution in [1.82, 2.24) is 19.9 Å². The normalized spacial score (nSPS) is 10.8. The molecule has 2 aromatic heterocycles. The van der Waals surface area contributed by atoms with E-state index in [1.54, 1.807) is 12.3 Å². The first-order valence-corrected chi connectivity index (χ1v) is 9.47. The molecule has 0 aliphatic rings. The molecule has 0 spiro atoms. The van der Waals surface area contributed by atoms with E-state index in [-0.39, 0.29) is 22.8 Å². The number of nitrogens with one attached hydrogen (secondary N) is 1. The van der Waals surface area contributed by atoms with Crippen LogP contribution in [-0.4, -0.2) is 25.4 Å². The third kappa shape index (κ3) is 3.99. The third-order valence-corrected chi connectivity index (χ3v) is 4.91. The summed E-state index contributed by atoms with van der Waals surface area (Å²) in [5.74, 6) is 0.0948. The van der Waals surface area contributed by atoms with E-state index in [9.17, 15) is 14.9 Å². The van der Waals surface area contributed by atoms with Crippen LogP contribution in [-0.2, 0) is 13.1 Å². The van der Waals surface area contributed by atoms with E-state index in [0.717, 1.165) is 11.6 Å². The summed E-state index contributed by atoms with van der Waals surface area (Å²) in [6, 6.07) is 17.2. The van der Waals surface area contributed by atoms with Gasteiger partial charge < -0.3 is 9.88 Å². The number of fused-ring (bicyclic) bond motifs is 1. The van der Waals surface area contributed by atoms with Gasteiger partial charge in [-0.3, -0.25) is 14.9 Å². The van der Waals surface area contributed by atoms with Gasteiger partial charge in [0.1, 0.15) is 11.3 Å². The Bertz CT molecular complexity index is 1240. The Balaban J connectivity index is 1.61. The maximum absolute atomic E-state index is 12.6. The number of nitro benzene ring substituents is 1. The predicted molar refractivity (Wildman–Crippen MR) is 112 cm³/mol. The SMILES string of the molecule is O=C(NCc1nc2cccnc2n1Cc1ccccc1)c1cc([N+](=O)[O-])ccc1Cl. The fourth-order valence-electron chi connectivity index (χ4n) is 3.13. The van der Waals surface area contributed by atoms with Crippen LogP contribution in [0.1, 0.15) is 21.7 Å². The second-order valence-electron chi connectivity index (χ2n) is 6.55. The molecule has 4 rings (SSSR count). The minimum absolute atomic E-state index is 0.0368. The highest BCUT2D eigenvalue weighted by Crippen LogP contribution is 2.22. The van der Waals surface area contributed by atoms with E-state index < -0.39 is 10.8 Å². The lowest BCUT2D eigenvalue weighted by atomic mass is 10.2. The molecule has 0 aliphatic carbocycles. The average molecular weight is 422 g/mol. The van der Waals surface area contributed by atoms with Crippen LogP contribution >= 0.6 is 11.6 Å². The van der Waals surface area contributed by atoms with Gasteiger partial charge in [0.15, 0.2) is 5.65 Å². The van der Waals surface area contributed by atoms with Gasteiger partial charge in [-0.05, 0) is 23.8 Å². The molecule has 2 aromatic carbocycles. The highest BCUT2D eigenvalue weighted by Gasteiger charge is 2.18. The van der Waals surface area contributed by atoms with Gasteiger partial charge >= 0.3 is 0 Å². The highest BCUT2D eigenvalue weighted by atomic mass is 35.5. The van der Waals surface area contributed by atoms with E-state index in [0.29, 0.717) is 23.5 Å². The molecule has 4 aromatic rings. The first-order chi connectivity index (χ1) is 14.5. The Kier molecular flexibility index (Phi) is 5.40. The van der Waals surface area contributed by atoms with Gasteiger partial charge in [-0.2, -0.15) is 0 Å². The third-order valence-electron chi connectivity index (χ3n) is 4.58. The molecule has 0 radical (unpaired) electrons. The van der Waals surface area contributed by atoms with Crippen molar-refractivity contribution in [1.29, 1.82) is 0 Å². The van der Waals surface area contributed by atoms with Gasteiger partial charge in [-0.15, -0.1) is 0 Å². The topological polar surface area (TPSA) is 103 Å². The maximum atomic E-state index is 12.6. The zero-order valence-electron chi connectivity index (χ0n) is 15.7. The lowest BCUT2D eigenvalue weighted by molar-refractivity contribution is -0.384. The Morgan fingerprint density at radius 3 is 2.70 bits per heavy atom. The largest absolute Gasteiger partial charge is 0.345 e. The van der Waals surface area contributed by atoms with Gasteiger partial charge in [0.25, 0.3) is 11.6 Å². The molecule has 150 valence electrons. The molecule has 0 unspecified atom stereocenters. The number of imidazole rings is 1. The van der Waals surface area contributed by atoms with Crippen LogP contribution < -0.4 is 5.32 Å². The fraction of sp³-hybridized carbons (Fsp3) is 0.0952. The summed E-state index contributed by atoms with van der Waals surface area (Å²) in [6.45, 7) is 0.651. The Hall–Kier alpha value is -3.78. The average Bonchev–Trinajstić information content (AvgIpc) is 3.10. The molecule has 0 saturated carbocycles. The second-order valence-corrected chi connectivity index (χ2v) is 6.96. The molecule has 0 aliphatic heterocycles. The number of hydrogen-bond acceptors (Lipinski definition) is 5. The molecule has 0 saturated heterocycles. The number of carbonyl (C=O) groups excluding carboxylic acids is 1. The maximum Gasteiger partial charge on any atom is 0.270 e. The molecule has 0 bridgehead atoms. The van der Waals surface area contributed by atoms with Crippen LogP contribution in [0, 0.1) is 10.1 Å². The number of non-ortho nitro benzene ring substituents is 1. The van der Waals surface area contributed by atoms with E-state index in [4.69, 9.17) is 11.6 Å². The van der Waals surface area contributed by atoms with Crippen molar-refractivity contribution in [2.24, 2.45) is 0 Å². The molecule has 30 heavy (non-hydrogen) atoms. The van der Waals surface area contributed by atoms with Crippen molar-refractivity contribution in [2.45, 2.75) is 13.1 Å². The highest BCUT2D eigenvalue weighted by molar-refractivity contribution is 6.33. The number of benzene rings is 2. The van der Waals surface area contributed by atoms with Crippen LogP contribution in [0.25, 0.3) is 11.2 Å². The molecule has 1 amide bonds. The Morgan fingerprint density at radius 2 is 1.93 bits per heavy atom. The summed E-state index contributed by atoms with van der Waals surface area (Å²) in [4.78, 5) is 32.1. The van der Waals surface area contributed by atoms with E-state index in [1.165, 1.54) is 12.1 Å². The number of hydrogen-bond donors (Lipinski definition) is 1. The molecule has 9 heteroatoms. The van der Waals surface area contributed by atoms with Crippen molar-refractivity contribution in [3.05, 3.63) is 98.9 Å². The molecule has 0 fully saturated rings. The number of carbonyl (C=O) groups is 1. The number of rotatable bonds is 6. The monoisotopic (exact) mass is 421 g/mol. The van der Waals surface area contributed by atoms with Crippen LogP contribution in [0.4, 0.5) is 5.69 Å². The lowest BCUT2D eigenvalue weighted by Gasteiger charge is -2.10. The minimum atomic E-state index is -0.571. The smallest absolute Gasteiger partial charge is 0.270 e. The van der Waals surface area contributed by atoms with Gasteiger partial charge in [0.05, 0.1) is 28.6 Å². The number of amides is 1. The Labute approximate surface area is 176 Å². The summed E-state index contributed by atoms with van der Waals surface area (Å²) in [6.07, 6.45) is 1.69. The number of halogens is 1. The number of pyridine rings is 1. The Morgan fingerprint density at radius 1 is 1.13 bits per heavy atom. The number of nitrogens with zero attached hydrogens (tertiary/aromatic N) is 4. The summed E-state index contributed by atoms with van der Waals surface area (Å²) in [5.41, 5.74) is 2.32. The minimum Gasteiger partial charge on any atom is -0.345 e. The molecular weight excluding hydrogens is 406 g/mol. The molecule has 1 N–H and O–H groups in total. The summed E-state index contributed by atoms with van der Waals surface area (Å²) in [5, 5.41) is 13.9. The predicted octanol–water partition coefficient (Wildman–Crippen LogP) is 3.97. The van der Waals surface area contributed by atoms with Crippen molar-refractivity contribution in [3.63, 3.8) is 0 Å². The lowest BCUT2D eigenvalue weighted by Crippen LogP contribution is -2.25. The zero-order valence-corrected chi connectivity index (χ0v) is 16.4. The van der Waals surface area contributed by atoms with Crippen LogP contribution in [0.2, 0.25) is 5.02 Å². The number of nitro groups is 1. The van der Waals surface area contributed by atoms with Gasteiger partial charge in [0, 0.05) is 18.3 Å². The standard InChI is InChI=1S/C21H16ClN5O3/c22-17-9-8-15(27(29)30)11-16(17)21(28)24-12-19-25-18-7-4-10-23-20(18)26(19)13-14-5-2-1-3-6-14/h1-11H,12-13H2,(H,24,28). The fourth-order valence-corrected chi connectivity index (χ4v) is 3.33.